The molecule has 2 atom stereocenters. The third kappa shape index (κ3) is 4.82. The van der Waals surface area contributed by atoms with Gasteiger partial charge in [-0.15, -0.1) is 0 Å². The molecule has 0 bridgehead atoms. The van der Waals surface area contributed by atoms with Crippen molar-refractivity contribution in [2.24, 2.45) is 5.92 Å². The molecule has 2 aliphatic heterocycles. The predicted octanol–water partition coefficient (Wildman–Crippen LogP) is 0.904. The molecule has 0 spiro atoms. The summed E-state index contributed by atoms with van der Waals surface area (Å²) in [6, 6.07) is 0.274. The average molecular weight is 334 g/mol. The highest BCUT2D eigenvalue weighted by molar-refractivity contribution is 7.85. The number of hydrogen-bond donors (Lipinski definition) is 0. The van der Waals surface area contributed by atoms with Crippen LogP contribution in [0.25, 0.3) is 0 Å². The van der Waals surface area contributed by atoms with E-state index in [4.69, 9.17) is 8.92 Å². The molecule has 7 nitrogen and oxygen atoms in total. The van der Waals surface area contributed by atoms with Crippen LogP contribution in [0.1, 0.15) is 27.2 Å². The van der Waals surface area contributed by atoms with E-state index < -0.39 is 15.7 Å². The minimum atomic E-state index is -3.39. The maximum atomic E-state index is 12.1. The van der Waals surface area contributed by atoms with Crippen LogP contribution in [0.2, 0.25) is 0 Å². The summed E-state index contributed by atoms with van der Waals surface area (Å²) in [6.07, 6.45) is 1.80. The Kier molecular flexibility index (Phi) is 5.03. The molecule has 2 aliphatic rings. The molecule has 0 saturated carbocycles. The van der Waals surface area contributed by atoms with Crippen LogP contribution < -0.4 is 0 Å². The number of amides is 1. The number of carbonyl (C=O) groups excluding carboxylic acids is 1. The van der Waals surface area contributed by atoms with E-state index in [2.05, 4.69) is 4.90 Å². The maximum absolute atomic E-state index is 12.1. The minimum Gasteiger partial charge on any atom is -0.444 e. The van der Waals surface area contributed by atoms with Crippen molar-refractivity contribution in [2.45, 2.75) is 38.8 Å². The Labute approximate surface area is 132 Å². The van der Waals surface area contributed by atoms with Gasteiger partial charge in [0.05, 0.1) is 12.9 Å². The first-order chi connectivity index (χ1) is 10.1. The number of nitrogens with zero attached hydrogens (tertiary/aromatic N) is 2. The summed E-state index contributed by atoms with van der Waals surface area (Å²) in [7, 11) is -3.39. The van der Waals surface area contributed by atoms with E-state index in [0.717, 1.165) is 19.2 Å². The highest BCUT2D eigenvalue weighted by Crippen LogP contribution is 2.31. The molecule has 0 aromatic heterocycles. The van der Waals surface area contributed by atoms with E-state index in [-0.39, 0.29) is 18.7 Å². The highest BCUT2D eigenvalue weighted by Gasteiger charge is 2.43. The van der Waals surface area contributed by atoms with Crippen molar-refractivity contribution in [1.82, 2.24) is 9.80 Å². The number of hydrogen-bond acceptors (Lipinski definition) is 6. The second-order valence-electron chi connectivity index (χ2n) is 7.06. The number of carbonyl (C=O) groups is 1. The van der Waals surface area contributed by atoms with Crippen LogP contribution in [0.5, 0.6) is 0 Å². The summed E-state index contributed by atoms with van der Waals surface area (Å²) < 4.78 is 32.2. The molecular weight excluding hydrogens is 308 g/mol. The van der Waals surface area contributed by atoms with E-state index in [1.807, 2.05) is 20.8 Å². The number of ether oxygens (including phenoxy) is 1. The topological polar surface area (TPSA) is 76.2 Å². The Balaban J connectivity index is 1.84. The normalized spacial score (nSPS) is 26.3. The summed E-state index contributed by atoms with van der Waals surface area (Å²) in [5.41, 5.74) is -0.488. The smallest absolute Gasteiger partial charge is 0.410 e. The van der Waals surface area contributed by atoms with Gasteiger partial charge in [-0.1, -0.05) is 0 Å². The second-order valence-corrected chi connectivity index (χ2v) is 8.71. The fraction of sp³-hybridized carbons (Fsp3) is 0.929. The summed E-state index contributed by atoms with van der Waals surface area (Å²) in [4.78, 5) is 16.1. The fourth-order valence-electron chi connectivity index (χ4n) is 3.11. The lowest BCUT2D eigenvalue weighted by Gasteiger charge is -2.26. The van der Waals surface area contributed by atoms with Crippen LogP contribution in [0.3, 0.4) is 0 Å². The summed E-state index contributed by atoms with van der Waals surface area (Å²) in [6.45, 7) is 8.57. The maximum Gasteiger partial charge on any atom is 0.410 e. The molecule has 0 aromatic rings. The Morgan fingerprint density at radius 1 is 1.27 bits per heavy atom. The van der Waals surface area contributed by atoms with Gasteiger partial charge in [-0.05, 0) is 39.7 Å². The molecule has 2 fully saturated rings. The lowest BCUT2D eigenvalue weighted by Crippen LogP contribution is -2.40. The molecule has 0 aromatic carbocycles. The van der Waals surface area contributed by atoms with E-state index in [1.165, 1.54) is 0 Å². The van der Waals surface area contributed by atoms with E-state index in [9.17, 15) is 13.2 Å². The minimum absolute atomic E-state index is 0.161. The molecule has 2 rings (SSSR count). The van der Waals surface area contributed by atoms with E-state index in [0.29, 0.717) is 25.6 Å². The SMILES string of the molecule is CC(C)(C)OC(=O)N1CC2CCN(CCOS(C)(=O)=O)C2C1. The Morgan fingerprint density at radius 2 is 1.95 bits per heavy atom. The van der Waals surface area contributed by atoms with Crippen LogP contribution in [-0.2, 0) is 19.0 Å². The van der Waals surface area contributed by atoms with Crippen LogP contribution >= 0.6 is 0 Å². The Morgan fingerprint density at radius 3 is 2.55 bits per heavy atom. The molecule has 22 heavy (non-hydrogen) atoms. The van der Waals surface area contributed by atoms with E-state index in [1.54, 1.807) is 4.90 Å². The number of likely N-dealkylation sites (tertiary alicyclic amines) is 2. The first-order valence-corrected chi connectivity index (χ1v) is 9.43. The van der Waals surface area contributed by atoms with Crippen molar-refractivity contribution in [2.75, 3.05) is 39.0 Å². The molecule has 128 valence electrons. The third-order valence-electron chi connectivity index (χ3n) is 3.99. The van der Waals surface area contributed by atoms with Crippen LogP contribution in [-0.4, -0.2) is 75.0 Å². The lowest BCUT2D eigenvalue weighted by atomic mass is 10.1. The highest BCUT2D eigenvalue weighted by atomic mass is 32.2. The van der Waals surface area contributed by atoms with Crippen LogP contribution in [0.15, 0.2) is 0 Å². The van der Waals surface area contributed by atoms with Crippen LogP contribution in [0, 0.1) is 5.92 Å². The van der Waals surface area contributed by atoms with Gasteiger partial charge in [0.1, 0.15) is 5.60 Å². The lowest BCUT2D eigenvalue weighted by molar-refractivity contribution is 0.0271. The van der Waals surface area contributed by atoms with Gasteiger partial charge in [0.2, 0.25) is 0 Å². The van der Waals surface area contributed by atoms with Gasteiger partial charge in [0, 0.05) is 25.7 Å². The van der Waals surface area contributed by atoms with Gasteiger partial charge in [0.25, 0.3) is 10.1 Å². The first-order valence-electron chi connectivity index (χ1n) is 7.61. The van der Waals surface area contributed by atoms with Crippen molar-refractivity contribution in [3.05, 3.63) is 0 Å². The molecule has 0 radical (unpaired) electrons. The van der Waals surface area contributed by atoms with Gasteiger partial charge >= 0.3 is 6.09 Å². The first kappa shape index (κ1) is 17.5. The molecule has 0 aliphatic carbocycles. The fourth-order valence-corrected chi connectivity index (χ4v) is 3.49. The van der Waals surface area contributed by atoms with Crippen molar-refractivity contribution in [3.63, 3.8) is 0 Å². The van der Waals surface area contributed by atoms with Gasteiger partial charge < -0.3 is 9.64 Å². The summed E-state index contributed by atoms with van der Waals surface area (Å²) in [5, 5.41) is 0. The molecule has 2 heterocycles. The van der Waals surface area contributed by atoms with Gasteiger partial charge in [-0.25, -0.2) is 4.79 Å². The predicted molar refractivity (Wildman–Crippen MR) is 82.1 cm³/mol. The summed E-state index contributed by atoms with van der Waals surface area (Å²) >= 11 is 0. The molecule has 2 unspecified atom stereocenters. The van der Waals surface area contributed by atoms with E-state index >= 15 is 0 Å². The van der Waals surface area contributed by atoms with Crippen molar-refractivity contribution in [3.8, 4) is 0 Å². The average Bonchev–Trinajstić information content (AvgIpc) is 2.86. The Hall–Kier alpha value is -0.860. The molecule has 8 heteroatoms. The molecule has 0 N–H and O–H groups in total. The number of rotatable bonds is 4. The number of fused-ring (bicyclic) bond motifs is 1. The zero-order valence-electron chi connectivity index (χ0n) is 13.7. The standard InChI is InChI=1S/C14H26N2O5S/c1-14(2,3)21-13(17)16-9-11-5-6-15(12(11)10-16)7-8-20-22(4,18)19/h11-12H,5-10H2,1-4H3. The Bertz CT molecular complexity index is 514. The van der Waals surface area contributed by atoms with Crippen molar-refractivity contribution in [1.29, 1.82) is 0 Å². The molecular formula is C14H26N2O5S. The zero-order valence-corrected chi connectivity index (χ0v) is 14.6. The zero-order chi connectivity index (χ0) is 16.5. The van der Waals surface area contributed by atoms with Gasteiger partial charge in [-0.2, -0.15) is 8.42 Å². The molecule has 1 amide bonds. The quantitative estimate of drug-likeness (QED) is 0.711. The summed E-state index contributed by atoms with van der Waals surface area (Å²) in [5.74, 6) is 0.436. The molecule has 2 saturated heterocycles. The van der Waals surface area contributed by atoms with Gasteiger partial charge in [0.15, 0.2) is 0 Å². The van der Waals surface area contributed by atoms with Crippen molar-refractivity contribution < 1.29 is 22.1 Å². The van der Waals surface area contributed by atoms with Gasteiger partial charge in [-0.3, -0.25) is 9.08 Å². The monoisotopic (exact) mass is 334 g/mol. The second kappa shape index (κ2) is 6.33. The van der Waals surface area contributed by atoms with Crippen LogP contribution in [0.4, 0.5) is 4.79 Å². The third-order valence-corrected chi connectivity index (χ3v) is 4.59. The van der Waals surface area contributed by atoms with Crippen molar-refractivity contribution >= 4 is 16.2 Å². The largest absolute Gasteiger partial charge is 0.444 e.